The molecule has 0 bridgehead atoms. The minimum Gasteiger partial charge on any atom is -0.346 e. The van der Waals surface area contributed by atoms with Gasteiger partial charge in [0.2, 0.25) is 5.82 Å². The van der Waals surface area contributed by atoms with Gasteiger partial charge in [-0.05, 0) is 25.3 Å². The average Bonchev–Trinajstić information content (AvgIpc) is 3.16. The van der Waals surface area contributed by atoms with Gasteiger partial charge in [-0.15, -0.1) is 4.52 Å². The first-order valence-corrected chi connectivity index (χ1v) is 10.4. The smallest absolute Gasteiger partial charge is 0.346 e. The summed E-state index contributed by atoms with van der Waals surface area (Å²) in [5.74, 6) is -3.92. The molecule has 11 nitrogen and oxygen atoms in total. The Bertz CT molecular complexity index is 1090. The van der Waals surface area contributed by atoms with Crippen molar-refractivity contribution in [3.8, 4) is 5.75 Å². The van der Waals surface area contributed by atoms with Crippen LogP contribution in [-0.4, -0.2) is 36.7 Å². The lowest BCUT2D eigenvalue weighted by atomic mass is 10.1. The van der Waals surface area contributed by atoms with Gasteiger partial charge in [0.05, 0.1) is 6.20 Å². The van der Waals surface area contributed by atoms with E-state index in [1.165, 1.54) is 0 Å². The van der Waals surface area contributed by atoms with Gasteiger partial charge in [-0.2, -0.15) is 9.28 Å². The van der Waals surface area contributed by atoms with Crippen LogP contribution in [0.1, 0.15) is 30.2 Å². The van der Waals surface area contributed by atoms with Gasteiger partial charge in [0.25, 0.3) is 5.56 Å². The Morgan fingerprint density at radius 2 is 2.10 bits per heavy atom. The van der Waals surface area contributed by atoms with Crippen molar-refractivity contribution >= 4 is 8.17 Å². The van der Waals surface area contributed by atoms with Crippen LogP contribution in [0.3, 0.4) is 0 Å². The van der Waals surface area contributed by atoms with Crippen molar-refractivity contribution in [2.24, 2.45) is 0 Å². The molecule has 30 heavy (non-hydrogen) atoms. The summed E-state index contributed by atoms with van der Waals surface area (Å²) in [5, 5.41) is 20.8. The third kappa shape index (κ3) is 3.91. The second-order valence-electron chi connectivity index (χ2n) is 6.95. The fourth-order valence-corrected chi connectivity index (χ4v) is 4.69. The van der Waals surface area contributed by atoms with E-state index in [4.69, 9.17) is 18.3 Å². The average molecular weight is 445 g/mol. The number of aryl methyl sites for hydroxylation is 1. The molecule has 4 N–H and O–H groups in total. The van der Waals surface area contributed by atoms with E-state index in [9.17, 15) is 29.1 Å². The Labute approximate surface area is 168 Å². The Morgan fingerprint density at radius 3 is 2.87 bits per heavy atom. The van der Waals surface area contributed by atoms with Crippen LogP contribution >= 0.6 is 8.17 Å². The lowest BCUT2D eigenvalue weighted by Gasteiger charge is -2.29. The molecule has 1 fully saturated rings. The fraction of sp³-hybridized carbons (Fsp3) is 0.412. The van der Waals surface area contributed by atoms with Gasteiger partial charge in [-0.1, -0.05) is 22.7 Å². The molecule has 1 aromatic heterocycles. The number of aromatic amines is 1. The second kappa shape index (κ2) is 7.50. The van der Waals surface area contributed by atoms with Crippen molar-refractivity contribution in [1.29, 1.82) is 0 Å². The van der Waals surface area contributed by atoms with Crippen molar-refractivity contribution in [2.45, 2.75) is 44.7 Å². The molecule has 0 saturated carbocycles. The monoisotopic (exact) mass is 445 g/mol. The zero-order valence-electron chi connectivity index (χ0n) is 15.6. The number of fused-ring (bicyclic) bond motifs is 1. The maximum Gasteiger partial charge on any atom is 0.625 e. The van der Waals surface area contributed by atoms with E-state index in [2.05, 4.69) is 0 Å². The summed E-state index contributed by atoms with van der Waals surface area (Å²) in [6.07, 6.45) is -1.82. The lowest BCUT2D eigenvalue weighted by Crippen LogP contribution is -2.45. The van der Waals surface area contributed by atoms with Crippen LogP contribution in [0.15, 0.2) is 34.0 Å². The lowest BCUT2D eigenvalue weighted by molar-refractivity contribution is -0.351. The number of hydrogen-bond donors (Lipinski definition) is 4. The number of rotatable bonds is 4. The molecule has 3 unspecified atom stereocenters. The van der Waals surface area contributed by atoms with Gasteiger partial charge >= 0.3 is 19.8 Å². The predicted molar refractivity (Wildman–Crippen MR) is 98.4 cm³/mol. The summed E-state index contributed by atoms with van der Waals surface area (Å²) in [7, 11) is -4.17. The number of benzene rings is 1. The number of halogens is 1. The van der Waals surface area contributed by atoms with E-state index in [0.717, 1.165) is 4.57 Å². The molecule has 0 amide bonds. The highest BCUT2D eigenvalue weighted by atomic mass is 31.2. The van der Waals surface area contributed by atoms with Gasteiger partial charge in [0, 0.05) is 5.56 Å². The molecule has 2 aliphatic heterocycles. The molecule has 13 heteroatoms. The van der Waals surface area contributed by atoms with Crippen molar-refractivity contribution in [2.75, 3.05) is 0 Å². The van der Waals surface area contributed by atoms with Crippen molar-refractivity contribution in [1.82, 2.24) is 9.55 Å². The Kier molecular flexibility index (Phi) is 5.27. The summed E-state index contributed by atoms with van der Waals surface area (Å²) in [4.78, 5) is 35.4. The number of aliphatic hydroxyl groups is 2. The van der Waals surface area contributed by atoms with Crippen LogP contribution in [0.4, 0.5) is 4.39 Å². The molecular formula is C17H19FN2O9P+. The molecule has 0 spiro atoms. The van der Waals surface area contributed by atoms with Crippen molar-refractivity contribution < 1.29 is 37.8 Å². The number of nitrogens with zero attached hydrogens (tertiary/aromatic N) is 1. The first kappa shape index (κ1) is 21.1. The number of nitrogens with one attached hydrogen (secondary N) is 1. The highest BCUT2D eigenvalue weighted by Crippen LogP contribution is 2.64. The number of H-pyrrole nitrogens is 1. The first-order chi connectivity index (χ1) is 14.1. The minimum atomic E-state index is -4.17. The third-order valence-corrected chi connectivity index (χ3v) is 6.15. The maximum absolute atomic E-state index is 13.5. The summed E-state index contributed by atoms with van der Waals surface area (Å²) < 4.78 is 35.3. The standard InChI is InChI=1S/C17H18FN2O9P/c1-9-3-2-4-10-8-26-30(25,28-14(9)10)29-17(23,24)12-5-6-13(27-12)20-7-11(18)15(21)19-16(20)22/h2-4,7,12-13,23-25H,5-6,8H2,1H3/p+1. The fourth-order valence-electron chi connectivity index (χ4n) is 3.30. The molecule has 4 rings (SSSR count). The highest BCUT2D eigenvalue weighted by Gasteiger charge is 2.60. The second-order valence-corrected chi connectivity index (χ2v) is 8.51. The number of para-hydroxylation sites is 1. The summed E-state index contributed by atoms with van der Waals surface area (Å²) >= 11 is 0. The van der Waals surface area contributed by atoms with Crippen molar-refractivity contribution in [3.05, 3.63) is 62.2 Å². The minimum absolute atomic E-state index is 0.0273. The van der Waals surface area contributed by atoms with Gasteiger partial charge in [-0.25, -0.2) is 4.79 Å². The number of aromatic nitrogens is 2. The molecule has 0 radical (unpaired) electrons. The van der Waals surface area contributed by atoms with Crippen LogP contribution in [-0.2, 0) is 20.4 Å². The van der Waals surface area contributed by atoms with E-state index in [-0.39, 0.29) is 19.4 Å². The van der Waals surface area contributed by atoms with E-state index in [1.54, 1.807) is 30.1 Å². The normalized spacial score (nSPS) is 26.3. The topological polar surface area (TPSA) is 152 Å². The zero-order chi connectivity index (χ0) is 21.7. The van der Waals surface area contributed by atoms with Crippen LogP contribution in [0.25, 0.3) is 0 Å². The molecule has 2 aromatic rings. The molecule has 3 heterocycles. The van der Waals surface area contributed by atoms with E-state index in [0.29, 0.717) is 23.1 Å². The van der Waals surface area contributed by atoms with E-state index < -0.39 is 43.5 Å². The quantitative estimate of drug-likeness (QED) is 0.391. The van der Waals surface area contributed by atoms with E-state index >= 15 is 0 Å². The highest BCUT2D eigenvalue weighted by molar-refractivity contribution is 7.55. The van der Waals surface area contributed by atoms with E-state index in [1.807, 2.05) is 0 Å². The van der Waals surface area contributed by atoms with Gasteiger partial charge in [-0.3, -0.25) is 18.9 Å². The molecule has 162 valence electrons. The molecule has 3 atom stereocenters. The number of ether oxygens (including phenoxy) is 1. The van der Waals surface area contributed by atoms with Crippen LogP contribution in [0.2, 0.25) is 0 Å². The molecule has 0 aliphatic carbocycles. The molecule has 2 aliphatic rings. The molecular weight excluding hydrogens is 426 g/mol. The summed E-state index contributed by atoms with van der Waals surface area (Å²) in [6.45, 7) is 1.67. The van der Waals surface area contributed by atoms with Crippen LogP contribution in [0, 0.1) is 12.7 Å². The van der Waals surface area contributed by atoms with Crippen LogP contribution < -0.4 is 15.8 Å². The first-order valence-electron chi connectivity index (χ1n) is 8.94. The molecule has 1 saturated heterocycles. The third-order valence-electron chi connectivity index (χ3n) is 4.78. The summed E-state index contributed by atoms with van der Waals surface area (Å²) in [5.41, 5.74) is -0.758. The zero-order valence-corrected chi connectivity index (χ0v) is 16.5. The Morgan fingerprint density at radius 1 is 1.33 bits per heavy atom. The number of hydrogen-bond acceptors (Lipinski definition) is 9. The van der Waals surface area contributed by atoms with Gasteiger partial charge < -0.3 is 14.9 Å². The van der Waals surface area contributed by atoms with Gasteiger partial charge in [0.15, 0.2) is 5.75 Å². The molecule has 1 aromatic carbocycles. The summed E-state index contributed by atoms with van der Waals surface area (Å²) in [6, 6.07) is 5.25. The Hall–Kier alpha value is -2.18. The largest absolute Gasteiger partial charge is 0.625 e. The SMILES string of the molecule is Cc1cccc2c1O[P+](O)(OC(O)(O)C1CCC(n3cc(F)c(=O)[nH]c3=O)O1)OC2. The van der Waals surface area contributed by atoms with Gasteiger partial charge in [0.1, 0.15) is 18.9 Å². The maximum atomic E-state index is 13.5. The van der Waals surface area contributed by atoms with Crippen molar-refractivity contribution in [3.63, 3.8) is 0 Å². The predicted octanol–water partition coefficient (Wildman–Crippen LogP) is 0.596. The Balaban J connectivity index is 1.50. The van der Waals surface area contributed by atoms with Crippen LogP contribution in [0.5, 0.6) is 5.75 Å².